The van der Waals surface area contributed by atoms with E-state index in [0.29, 0.717) is 30.9 Å². The molecule has 6 heterocycles. The number of nitrogens with zero attached hydrogens (tertiary/aromatic N) is 5. The van der Waals surface area contributed by atoms with Crippen molar-refractivity contribution < 1.29 is 31.8 Å². The molecular formula is C37H40F4N6O3. The third-order valence-corrected chi connectivity index (χ3v) is 10.8. The predicted molar refractivity (Wildman–Crippen MR) is 180 cm³/mol. The van der Waals surface area contributed by atoms with Gasteiger partial charge in [0.15, 0.2) is 11.9 Å². The SMILES string of the molecule is COC(c1ccc(OCc2ccccc2)cc1-c1ncc2c(N3CC4CCC(C3)N4)nc(OCC34CCCN3CCC4)nc2c1F)C(F)(F)F. The smallest absolute Gasteiger partial charge is 0.418 e. The average Bonchev–Trinajstić information content (AvgIpc) is 3.80. The molecule has 13 heteroatoms. The molecule has 0 amide bonds. The first-order valence-corrected chi connectivity index (χ1v) is 17.4. The third kappa shape index (κ3) is 6.24. The molecule has 4 fully saturated rings. The maximum absolute atomic E-state index is 17.0. The van der Waals surface area contributed by atoms with Gasteiger partial charge in [-0.3, -0.25) is 9.88 Å². The first-order chi connectivity index (χ1) is 24.2. The molecule has 0 saturated carbocycles. The van der Waals surface area contributed by atoms with E-state index >= 15 is 4.39 Å². The summed E-state index contributed by atoms with van der Waals surface area (Å²) in [6.07, 6.45) is 0.659. The quantitative estimate of drug-likeness (QED) is 0.185. The van der Waals surface area contributed by atoms with Crippen molar-refractivity contribution in [2.75, 3.05) is 44.8 Å². The van der Waals surface area contributed by atoms with Crippen LogP contribution in [0.1, 0.15) is 55.8 Å². The second-order valence-electron chi connectivity index (χ2n) is 13.9. The molecule has 3 unspecified atom stereocenters. The molecule has 50 heavy (non-hydrogen) atoms. The Morgan fingerprint density at radius 3 is 2.42 bits per heavy atom. The van der Waals surface area contributed by atoms with Crippen molar-refractivity contribution >= 4 is 16.7 Å². The molecule has 2 aromatic heterocycles. The molecule has 0 radical (unpaired) electrons. The van der Waals surface area contributed by atoms with Crippen molar-refractivity contribution in [3.63, 3.8) is 0 Å². The highest BCUT2D eigenvalue weighted by molar-refractivity contribution is 5.92. The Morgan fingerprint density at radius 2 is 1.72 bits per heavy atom. The second-order valence-corrected chi connectivity index (χ2v) is 13.9. The molecule has 1 N–H and O–H groups in total. The van der Waals surface area contributed by atoms with Gasteiger partial charge in [-0.25, -0.2) is 4.39 Å². The number of anilines is 1. The van der Waals surface area contributed by atoms with E-state index in [9.17, 15) is 13.2 Å². The number of ether oxygens (including phenoxy) is 3. The number of halogens is 4. The first kappa shape index (κ1) is 33.1. The first-order valence-electron chi connectivity index (χ1n) is 17.4. The lowest BCUT2D eigenvalue weighted by Gasteiger charge is -2.34. The van der Waals surface area contributed by atoms with Crippen molar-refractivity contribution in [3.05, 3.63) is 71.7 Å². The van der Waals surface area contributed by atoms with Gasteiger partial charge in [-0.05, 0) is 74.9 Å². The van der Waals surface area contributed by atoms with Gasteiger partial charge in [0.2, 0.25) is 0 Å². The van der Waals surface area contributed by atoms with Gasteiger partial charge in [0.25, 0.3) is 0 Å². The zero-order chi connectivity index (χ0) is 34.5. The number of piperazine rings is 1. The van der Waals surface area contributed by atoms with Crippen LogP contribution >= 0.6 is 0 Å². The average molecular weight is 693 g/mol. The number of alkyl halides is 3. The highest BCUT2D eigenvalue weighted by Gasteiger charge is 2.45. The van der Waals surface area contributed by atoms with Gasteiger partial charge in [-0.15, -0.1) is 0 Å². The normalized spacial score (nSPS) is 22.2. The monoisotopic (exact) mass is 692 g/mol. The van der Waals surface area contributed by atoms with Crippen LogP contribution in [-0.4, -0.2) is 83.5 Å². The number of methoxy groups -OCH3 is 1. The molecule has 4 aromatic rings. The molecule has 2 aromatic carbocycles. The Balaban J connectivity index is 1.22. The number of aromatic nitrogens is 3. The molecule has 4 aliphatic rings. The number of hydrogen-bond acceptors (Lipinski definition) is 9. The molecule has 2 bridgehead atoms. The fourth-order valence-electron chi connectivity index (χ4n) is 8.38. The third-order valence-electron chi connectivity index (χ3n) is 10.8. The number of pyridine rings is 1. The van der Waals surface area contributed by atoms with E-state index in [4.69, 9.17) is 19.2 Å². The molecule has 3 atom stereocenters. The predicted octanol–water partition coefficient (Wildman–Crippen LogP) is 6.61. The Hall–Kier alpha value is -4.07. The molecule has 8 rings (SSSR count). The summed E-state index contributed by atoms with van der Waals surface area (Å²) in [5.41, 5.74) is 0.0367. The highest BCUT2D eigenvalue weighted by atomic mass is 19.4. The maximum Gasteiger partial charge on any atom is 0.418 e. The maximum atomic E-state index is 17.0. The fraction of sp³-hybridized carbons (Fsp3) is 0.486. The van der Waals surface area contributed by atoms with E-state index in [0.717, 1.165) is 64.3 Å². The van der Waals surface area contributed by atoms with Gasteiger partial charge in [0, 0.05) is 44.0 Å². The summed E-state index contributed by atoms with van der Waals surface area (Å²) in [6, 6.07) is 14.0. The summed E-state index contributed by atoms with van der Waals surface area (Å²) in [5, 5.41) is 3.99. The van der Waals surface area contributed by atoms with Crippen LogP contribution in [0.2, 0.25) is 0 Å². The van der Waals surface area contributed by atoms with Crippen LogP contribution in [0.4, 0.5) is 23.4 Å². The van der Waals surface area contributed by atoms with Crippen LogP contribution in [-0.2, 0) is 11.3 Å². The van der Waals surface area contributed by atoms with Gasteiger partial charge in [-0.1, -0.05) is 36.4 Å². The number of nitrogens with one attached hydrogen (secondary N) is 1. The van der Waals surface area contributed by atoms with Gasteiger partial charge in [0.1, 0.15) is 36.0 Å². The van der Waals surface area contributed by atoms with Crippen LogP contribution in [0.15, 0.2) is 54.7 Å². The summed E-state index contributed by atoms with van der Waals surface area (Å²) >= 11 is 0. The van der Waals surface area contributed by atoms with E-state index in [2.05, 4.69) is 25.1 Å². The summed E-state index contributed by atoms with van der Waals surface area (Å²) in [6.45, 7) is 3.96. The topological polar surface area (TPSA) is 84.9 Å². The van der Waals surface area contributed by atoms with Crippen molar-refractivity contribution in [1.82, 2.24) is 25.2 Å². The van der Waals surface area contributed by atoms with Gasteiger partial charge in [-0.2, -0.15) is 23.1 Å². The lowest BCUT2D eigenvalue weighted by Crippen LogP contribution is -2.51. The number of benzene rings is 2. The van der Waals surface area contributed by atoms with Gasteiger partial charge < -0.3 is 24.4 Å². The highest BCUT2D eigenvalue weighted by Crippen LogP contribution is 2.43. The lowest BCUT2D eigenvalue weighted by atomic mass is 9.95. The van der Waals surface area contributed by atoms with Crippen molar-refractivity contribution in [1.29, 1.82) is 0 Å². The van der Waals surface area contributed by atoms with Crippen molar-refractivity contribution in [2.45, 2.75) is 75.0 Å². The van der Waals surface area contributed by atoms with Crippen molar-refractivity contribution in [3.8, 4) is 23.0 Å². The molecule has 9 nitrogen and oxygen atoms in total. The fourth-order valence-corrected chi connectivity index (χ4v) is 8.38. The van der Waals surface area contributed by atoms with E-state index in [1.165, 1.54) is 24.4 Å². The second kappa shape index (κ2) is 13.2. The minimum Gasteiger partial charge on any atom is -0.489 e. The molecule has 0 spiro atoms. The van der Waals surface area contributed by atoms with Crippen LogP contribution < -0.4 is 19.7 Å². The van der Waals surface area contributed by atoms with Gasteiger partial charge in [0.05, 0.1) is 10.9 Å². The summed E-state index contributed by atoms with van der Waals surface area (Å²) in [5.74, 6) is -0.0977. The van der Waals surface area contributed by atoms with E-state index in [1.807, 2.05) is 30.3 Å². The van der Waals surface area contributed by atoms with Crippen LogP contribution in [0.5, 0.6) is 11.8 Å². The zero-order valence-electron chi connectivity index (χ0n) is 27.9. The number of hydrogen-bond donors (Lipinski definition) is 1. The van der Waals surface area contributed by atoms with Crippen LogP contribution in [0.3, 0.4) is 0 Å². The van der Waals surface area contributed by atoms with Crippen molar-refractivity contribution in [2.24, 2.45) is 0 Å². The van der Waals surface area contributed by atoms with Crippen LogP contribution in [0.25, 0.3) is 22.2 Å². The van der Waals surface area contributed by atoms with E-state index < -0.39 is 18.1 Å². The Morgan fingerprint density at radius 1 is 0.980 bits per heavy atom. The lowest BCUT2D eigenvalue weighted by molar-refractivity contribution is -0.215. The minimum absolute atomic E-state index is 0.0489. The molecule has 0 aliphatic carbocycles. The van der Waals surface area contributed by atoms with E-state index in [1.54, 1.807) is 0 Å². The minimum atomic E-state index is -4.77. The number of fused-ring (bicyclic) bond motifs is 4. The Kier molecular flexibility index (Phi) is 8.76. The molecule has 4 aliphatic heterocycles. The molecular weight excluding hydrogens is 652 g/mol. The number of rotatable bonds is 10. The summed E-state index contributed by atoms with van der Waals surface area (Å²) in [7, 11) is 0.977. The Bertz CT molecular complexity index is 1840. The molecule has 264 valence electrons. The largest absolute Gasteiger partial charge is 0.489 e. The summed E-state index contributed by atoms with van der Waals surface area (Å²) < 4.78 is 77.1. The summed E-state index contributed by atoms with van der Waals surface area (Å²) in [4.78, 5) is 18.5. The molecule has 4 saturated heterocycles. The standard InChI is InChI=1S/C37H40F4N6O3/c1-48-33(37(39,40)41)27-12-11-26(49-21-23-7-3-2-4-8-23)17-28(27)31-30(38)32-29(18-42-31)34(46-19-24-9-10-25(20-46)43-24)45-35(44-32)50-22-36-13-5-15-47(36)16-6-14-36/h2-4,7-8,11-12,17-18,24-25,33,43H,5-6,9-10,13-16,19-22H2,1H3. The zero-order valence-corrected chi connectivity index (χ0v) is 27.9. The Labute approximate surface area is 288 Å². The van der Waals surface area contributed by atoms with E-state index in [-0.39, 0.29) is 58.3 Å². The van der Waals surface area contributed by atoms with Gasteiger partial charge >= 0.3 is 12.2 Å². The van der Waals surface area contributed by atoms with Crippen LogP contribution in [0, 0.1) is 5.82 Å².